The van der Waals surface area contributed by atoms with Crippen LogP contribution in [0.5, 0.6) is 0 Å². The summed E-state index contributed by atoms with van der Waals surface area (Å²) in [5.41, 5.74) is 0.296. The van der Waals surface area contributed by atoms with Gasteiger partial charge in [-0.25, -0.2) is 4.79 Å². The van der Waals surface area contributed by atoms with Crippen molar-refractivity contribution >= 4 is 11.9 Å². The Morgan fingerprint density at radius 3 is 2.67 bits per heavy atom. The zero-order valence-electron chi connectivity index (χ0n) is 16.3. The van der Waals surface area contributed by atoms with Crippen LogP contribution in [0.15, 0.2) is 11.6 Å². The van der Waals surface area contributed by atoms with Gasteiger partial charge in [-0.1, -0.05) is 25.5 Å². The summed E-state index contributed by atoms with van der Waals surface area (Å²) in [6, 6.07) is 0. The second-order valence-corrected chi connectivity index (χ2v) is 9.40. The van der Waals surface area contributed by atoms with Gasteiger partial charge in [-0.15, -0.1) is 0 Å². The van der Waals surface area contributed by atoms with Crippen LogP contribution < -0.4 is 0 Å². The molecule has 0 bridgehead atoms. The summed E-state index contributed by atoms with van der Waals surface area (Å²) < 4.78 is 9.95. The van der Waals surface area contributed by atoms with E-state index in [0.717, 1.165) is 18.4 Å². The van der Waals surface area contributed by atoms with Crippen molar-refractivity contribution in [1.82, 2.24) is 0 Å². The highest BCUT2D eigenvalue weighted by atomic mass is 16.7. The number of methoxy groups -OCH3 is 1. The number of hydrogen-bond acceptors (Lipinski definition) is 6. The van der Waals surface area contributed by atoms with Crippen LogP contribution in [-0.2, 0) is 14.3 Å². The van der Waals surface area contributed by atoms with Gasteiger partial charge in [0.2, 0.25) is 0 Å². The maximum Gasteiger partial charge on any atom is 0.508 e. The predicted molar refractivity (Wildman–Crippen MR) is 96.8 cm³/mol. The smallest absolute Gasteiger partial charge is 0.438 e. The molecule has 3 fully saturated rings. The molecule has 0 heterocycles. The number of aliphatic hydroxyl groups is 2. The van der Waals surface area contributed by atoms with Crippen LogP contribution in [-0.4, -0.2) is 47.6 Å². The van der Waals surface area contributed by atoms with Crippen molar-refractivity contribution in [2.24, 2.45) is 28.6 Å². The second-order valence-electron chi connectivity index (χ2n) is 9.40. The highest BCUT2D eigenvalue weighted by Crippen LogP contribution is 2.64. The van der Waals surface area contributed by atoms with Crippen molar-refractivity contribution in [2.75, 3.05) is 7.11 Å². The van der Waals surface area contributed by atoms with Crippen molar-refractivity contribution in [1.29, 1.82) is 0 Å². The number of carbonyl (C=O) groups is 2. The summed E-state index contributed by atoms with van der Waals surface area (Å²) in [4.78, 5) is 24.0. The van der Waals surface area contributed by atoms with E-state index in [1.54, 1.807) is 0 Å². The van der Waals surface area contributed by atoms with Crippen LogP contribution in [0.2, 0.25) is 0 Å². The van der Waals surface area contributed by atoms with E-state index in [-0.39, 0.29) is 35.1 Å². The topological polar surface area (TPSA) is 93.1 Å². The number of fused-ring (bicyclic) bond motifs is 5. The Hall–Kier alpha value is -1.40. The second kappa shape index (κ2) is 6.31. The van der Waals surface area contributed by atoms with E-state index in [1.807, 2.05) is 13.0 Å². The fourth-order valence-electron chi connectivity index (χ4n) is 6.79. The molecule has 6 heteroatoms. The van der Waals surface area contributed by atoms with E-state index in [4.69, 9.17) is 4.74 Å². The van der Waals surface area contributed by atoms with E-state index >= 15 is 0 Å². The molecule has 27 heavy (non-hydrogen) atoms. The van der Waals surface area contributed by atoms with E-state index < -0.39 is 23.8 Å². The highest BCUT2D eigenvalue weighted by Gasteiger charge is 2.63. The minimum atomic E-state index is -0.684. The summed E-state index contributed by atoms with van der Waals surface area (Å²) >= 11 is 0. The first kappa shape index (κ1) is 18.9. The Morgan fingerprint density at radius 1 is 1.22 bits per heavy atom. The number of ether oxygens (including phenoxy) is 2. The molecule has 0 spiro atoms. The van der Waals surface area contributed by atoms with Crippen molar-refractivity contribution < 1.29 is 29.3 Å². The number of Topliss-reactive ketones (excluding diaryl/α,β-unsaturated/α-hetero) is 1. The van der Waals surface area contributed by atoms with Crippen LogP contribution in [0.25, 0.3) is 0 Å². The van der Waals surface area contributed by atoms with E-state index in [1.165, 1.54) is 7.11 Å². The molecule has 0 aliphatic heterocycles. The van der Waals surface area contributed by atoms with Crippen molar-refractivity contribution in [2.45, 2.75) is 70.7 Å². The van der Waals surface area contributed by atoms with Gasteiger partial charge in [0.1, 0.15) is 11.9 Å². The molecule has 0 aromatic heterocycles. The molecule has 2 N–H and O–H groups in total. The molecular weight excluding hydrogens is 348 g/mol. The molecule has 150 valence electrons. The number of carbonyl (C=O) groups excluding carboxylic acids is 2. The quantitative estimate of drug-likeness (QED) is 0.538. The third-order valence-corrected chi connectivity index (χ3v) is 8.16. The molecule has 4 aliphatic rings. The largest absolute Gasteiger partial charge is 0.508 e. The van der Waals surface area contributed by atoms with Crippen LogP contribution >= 0.6 is 0 Å². The van der Waals surface area contributed by atoms with Gasteiger partial charge in [0.25, 0.3) is 0 Å². The summed E-state index contributed by atoms with van der Waals surface area (Å²) in [7, 11) is 1.29. The average Bonchev–Trinajstić information content (AvgIpc) is 2.90. The number of ketones is 1. The molecule has 0 radical (unpaired) electrons. The lowest BCUT2D eigenvalue weighted by Gasteiger charge is -2.59. The first-order chi connectivity index (χ1) is 12.7. The first-order valence-corrected chi connectivity index (χ1v) is 10.1. The fourth-order valence-corrected chi connectivity index (χ4v) is 6.79. The molecular formula is C21H30O6. The fraction of sp³-hybridized carbons (Fsp3) is 0.810. The van der Waals surface area contributed by atoms with Gasteiger partial charge < -0.3 is 19.7 Å². The maximum atomic E-state index is 12.5. The monoisotopic (exact) mass is 378 g/mol. The van der Waals surface area contributed by atoms with Gasteiger partial charge in [0.15, 0.2) is 0 Å². The molecule has 0 amide bonds. The van der Waals surface area contributed by atoms with Gasteiger partial charge in [-0.3, -0.25) is 4.79 Å². The van der Waals surface area contributed by atoms with Crippen molar-refractivity contribution in [3.05, 3.63) is 11.6 Å². The highest BCUT2D eigenvalue weighted by molar-refractivity contribution is 5.87. The number of rotatable bonds is 1. The van der Waals surface area contributed by atoms with Gasteiger partial charge >= 0.3 is 6.16 Å². The van der Waals surface area contributed by atoms with Crippen molar-refractivity contribution in [3.8, 4) is 0 Å². The van der Waals surface area contributed by atoms with Crippen LogP contribution in [0.3, 0.4) is 0 Å². The Balaban J connectivity index is 1.66. The third kappa shape index (κ3) is 2.67. The number of aliphatic hydroxyl groups excluding tert-OH is 2. The molecule has 0 aromatic rings. The molecule has 8 atom stereocenters. The molecule has 0 unspecified atom stereocenters. The lowest BCUT2D eigenvalue weighted by atomic mass is 9.46. The summed E-state index contributed by atoms with van der Waals surface area (Å²) in [5.74, 6) is 0.173. The normalized spacial score (nSPS) is 48.8. The zero-order chi connectivity index (χ0) is 19.6. The van der Waals surface area contributed by atoms with Crippen molar-refractivity contribution in [3.63, 3.8) is 0 Å². The van der Waals surface area contributed by atoms with E-state index in [9.17, 15) is 19.8 Å². The summed E-state index contributed by atoms with van der Waals surface area (Å²) in [6.45, 7) is 4.14. The van der Waals surface area contributed by atoms with Gasteiger partial charge in [0.05, 0.1) is 19.3 Å². The first-order valence-electron chi connectivity index (χ1n) is 10.1. The van der Waals surface area contributed by atoms with Gasteiger partial charge in [-0.2, -0.15) is 0 Å². The van der Waals surface area contributed by atoms with Crippen LogP contribution in [0.1, 0.15) is 52.4 Å². The molecule has 3 saturated carbocycles. The Morgan fingerprint density at radius 2 is 1.96 bits per heavy atom. The van der Waals surface area contributed by atoms with Crippen LogP contribution in [0, 0.1) is 28.6 Å². The lowest BCUT2D eigenvalue weighted by molar-refractivity contribution is -0.157. The zero-order valence-corrected chi connectivity index (χ0v) is 16.3. The molecule has 4 rings (SSSR count). The average molecular weight is 378 g/mol. The number of hydrogen-bond donors (Lipinski definition) is 2. The summed E-state index contributed by atoms with van der Waals surface area (Å²) in [5, 5.41) is 22.1. The predicted octanol–water partition coefficient (Wildman–Crippen LogP) is 2.61. The lowest BCUT2D eigenvalue weighted by Crippen LogP contribution is -2.60. The van der Waals surface area contributed by atoms with E-state index in [0.29, 0.717) is 25.7 Å². The standard InChI is InChI=1S/C21H30O6/c1-20-7-6-12(27-19(25)26-3)8-11(20)9-14(22)17-13-4-5-16(24)21(13,2)10-15(23)18(17)20/h9,12-15,17-18,22-23H,4-8,10H2,1-3H3/t12-,13-,14-,15+,17+,18-,20-,21-/m0/s1. The Labute approximate surface area is 159 Å². The molecule has 4 aliphatic carbocycles. The Bertz CT molecular complexity index is 686. The van der Waals surface area contributed by atoms with Gasteiger partial charge in [0, 0.05) is 18.3 Å². The Kier molecular flexibility index (Phi) is 4.43. The summed E-state index contributed by atoms with van der Waals surface area (Å²) in [6.07, 6.45) is 3.54. The third-order valence-electron chi connectivity index (χ3n) is 8.16. The van der Waals surface area contributed by atoms with E-state index in [2.05, 4.69) is 11.7 Å². The van der Waals surface area contributed by atoms with Gasteiger partial charge in [-0.05, 0) is 48.9 Å². The maximum absolute atomic E-state index is 12.5. The molecule has 0 aromatic carbocycles. The molecule has 0 saturated heterocycles. The minimum absolute atomic E-state index is 0.0736. The SMILES string of the molecule is COC(=O)O[C@H]1CC[C@@]2(C)C(=C[C@H](O)[C@@H]3[C@@H]2[C@H](O)C[C@]2(C)C(=O)CC[C@@H]32)C1. The molecule has 6 nitrogen and oxygen atoms in total. The minimum Gasteiger partial charge on any atom is -0.438 e. The van der Waals surface area contributed by atoms with Crippen LogP contribution in [0.4, 0.5) is 4.79 Å².